The fourth-order valence-electron chi connectivity index (χ4n) is 0.989. The second kappa shape index (κ2) is 2.35. The van der Waals surface area contributed by atoms with Gasteiger partial charge in [0.2, 0.25) is 5.66 Å². The van der Waals surface area contributed by atoms with Gasteiger partial charge in [-0.05, 0) is 13.0 Å². The average Bonchev–Trinajstić information content (AvgIpc) is 2.85. The van der Waals surface area contributed by atoms with Gasteiger partial charge in [0.15, 0.2) is 0 Å². The van der Waals surface area contributed by atoms with E-state index >= 15 is 0 Å². The van der Waals surface area contributed by atoms with E-state index in [1.807, 2.05) is 13.0 Å². The molecule has 0 fully saturated rings. The van der Waals surface area contributed by atoms with Crippen molar-refractivity contribution in [2.45, 2.75) is 19.2 Å². The highest BCUT2D eigenvalue weighted by Crippen LogP contribution is 2.37. The van der Waals surface area contributed by atoms with Crippen LogP contribution in [0.3, 0.4) is 0 Å². The lowest BCUT2D eigenvalue weighted by Gasteiger charge is -2.03. The first-order valence-corrected chi connectivity index (χ1v) is 3.75. The summed E-state index contributed by atoms with van der Waals surface area (Å²) in [5.41, 5.74) is 1.28. The van der Waals surface area contributed by atoms with E-state index in [-0.39, 0.29) is 12.3 Å². The van der Waals surface area contributed by atoms with E-state index < -0.39 is 0 Å². The molecule has 0 atom stereocenters. The van der Waals surface area contributed by atoms with Gasteiger partial charge in [0.1, 0.15) is 0 Å². The minimum Gasteiger partial charge on any atom is -0.390 e. The van der Waals surface area contributed by atoms with Crippen LogP contribution in [-0.4, -0.2) is 10.1 Å². The number of aliphatic hydroxyl groups is 1. The lowest BCUT2D eigenvalue weighted by molar-refractivity contribution is 0.276. The molecule has 0 unspecified atom stereocenters. The Kier molecular flexibility index (Phi) is 1.44. The summed E-state index contributed by atoms with van der Waals surface area (Å²) in [7, 11) is 0. The molecule has 1 aromatic heterocycles. The monoisotopic (exact) mass is 163 g/mol. The van der Waals surface area contributed by atoms with Gasteiger partial charge in [0.25, 0.3) is 0 Å². The van der Waals surface area contributed by atoms with Crippen molar-refractivity contribution in [2.75, 3.05) is 0 Å². The third-order valence-corrected chi connectivity index (χ3v) is 1.93. The Balaban J connectivity index is 2.25. The van der Waals surface area contributed by atoms with E-state index in [4.69, 9.17) is 5.11 Å². The van der Waals surface area contributed by atoms with Crippen molar-refractivity contribution in [3.63, 3.8) is 0 Å². The third kappa shape index (κ3) is 1.10. The summed E-state index contributed by atoms with van der Waals surface area (Å²) in [5.74, 6) is 0. The number of hydrogen-bond acceptors (Lipinski definition) is 4. The summed E-state index contributed by atoms with van der Waals surface area (Å²) < 4.78 is 0. The average molecular weight is 163 g/mol. The van der Waals surface area contributed by atoms with Gasteiger partial charge in [-0.25, -0.2) is 0 Å². The normalized spacial score (nSPS) is 17.8. The first-order valence-electron chi connectivity index (χ1n) is 3.75. The Bertz CT molecular complexity index is 312. The van der Waals surface area contributed by atoms with Gasteiger partial charge >= 0.3 is 0 Å². The Morgan fingerprint density at radius 2 is 2.17 bits per heavy atom. The fourth-order valence-corrected chi connectivity index (χ4v) is 0.989. The molecule has 4 nitrogen and oxygen atoms in total. The first kappa shape index (κ1) is 7.36. The van der Waals surface area contributed by atoms with E-state index in [0.29, 0.717) is 5.69 Å². The zero-order valence-corrected chi connectivity index (χ0v) is 6.73. The van der Waals surface area contributed by atoms with Crippen LogP contribution in [0.4, 0.5) is 0 Å². The summed E-state index contributed by atoms with van der Waals surface area (Å²) >= 11 is 0. The quantitative estimate of drug-likeness (QED) is 0.712. The van der Waals surface area contributed by atoms with E-state index in [9.17, 15) is 0 Å². The van der Waals surface area contributed by atoms with Gasteiger partial charge in [0, 0.05) is 11.8 Å². The molecule has 0 radical (unpaired) electrons. The summed E-state index contributed by atoms with van der Waals surface area (Å²) in [6.07, 6.45) is 1.70. The molecule has 0 saturated heterocycles. The van der Waals surface area contributed by atoms with Crippen LogP contribution < -0.4 is 0 Å². The molecule has 0 aliphatic carbocycles. The lowest BCUT2D eigenvalue weighted by Crippen LogP contribution is -2.02. The molecule has 1 aliphatic heterocycles. The topological polar surface area (TPSA) is 57.8 Å². The predicted octanol–water partition coefficient (Wildman–Crippen LogP) is 1.21. The van der Waals surface area contributed by atoms with Crippen LogP contribution in [0.1, 0.15) is 18.2 Å². The molecule has 4 heteroatoms. The zero-order chi connectivity index (χ0) is 8.60. The Morgan fingerprint density at radius 1 is 1.42 bits per heavy atom. The van der Waals surface area contributed by atoms with Gasteiger partial charge < -0.3 is 5.11 Å². The number of aliphatic hydroxyl groups excluding tert-OH is 1. The Labute approximate surface area is 70.0 Å². The summed E-state index contributed by atoms with van der Waals surface area (Å²) in [6, 6.07) is 3.67. The molecule has 1 N–H and O–H groups in total. The molecule has 0 amide bonds. The highest BCUT2D eigenvalue weighted by molar-refractivity contribution is 5.24. The summed E-state index contributed by atoms with van der Waals surface area (Å²) in [5, 5.41) is 16.5. The third-order valence-electron chi connectivity index (χ3n) is 1.93. The number of hydrogen-bond donors (Lipinski definition) is 1. The maximum atomic E-state index is 8.74. The van der Waals surface area contributed by atoms with E-state index in [1.54, 1.807) is 12.3 Å². The second-order valence-electron chi connectivity index (χ2n) is 2.92. The molecule has 2 heterocycles. The standard InChI is InChI=1S/C8H9N3O/c1-8(10-11-8)6-2-3-7(5-12)9-4-6/h2-4,12H,5H2,1H3. The Hall–Kier alpha value is -1.29. The second-order valence-corrected chi connectivity index (χ2v) is 2.92. The van der Waals surface area contributed by atoms with Crippen LogP contribution in [0.5, 0.6) is 0 Å². The molecule has 62 valence electrons. The lowest BCUT2D eigenvalue weighted by atomic mass is 10.1. The largest absolute Gasteiger partial charge is 0.390 e. The van der Waals surface area contributed by atoms with Crippen molar-refractivity contribution in [1.82, 2.24) is 4.98 Å². The van der Waals surface area contributed by atoms with Crippen molar-refractivity contribution in [1.29, 1.82) is 0 Å². The van der Waals surface area contributed by atoms with Crippen LogP contribution in [0.2, 0.25) is 0 Å². The van der Waals surface area contributed by atoms with E-state index in [1.165, 1.54) is 0 Å². The van der Waals surface area contributed by atoms with Gasteiger partial charge in [-0.2, -0.15) is 10.2 Å². The predicted molar refractivity (Wildman–Crippen MR) is 42.4 cm³/mol. The van der Waals surface area contributed by atoms with Gasteiger partial charge in [-0.1, -0.05) is 6.07 Å². The van der Waals surface area contributed by atoms with Gasteiger partial charge in [0.05, 0.1) is 12.3 Å². The van der Waals surface area contributed by atoms with Crippen LogP contribution >= 0.6 is 0 Å². The minimum atomic E-state index is -0.360. The van der Waals surface area contributed by atoms with Gasteiger partial charge in [-0.15, -0.1) is 0 Å². The van der Waals surface area contributed by atoms with Crippen molar-refractivity contribution in [3.05, 3.63) is 29.6 Å². The number of nitrogens with zero attached hydrogens (tertiary/aromatic N) is 3. The fraction of sp³-hybridized carbons (Fsp3) is 0.375. The Morgan fingerprint density at radius 3 is 2.58 bits per heavy atom. The van der Waals surface area contributed by atoms with E-state index in [2.05, 4.69) is 15.2 Å². The summed E-state index contributed by atoms with van der Waals surface area (Å²) in [4.78, 5) is 4.03. The molecule has 1 aliphatic rings. The minimum absolute atomic E-state index is 0.0225. The molecule has 2 rings (SSSR count). The van der Waals surface area contributed by atoms with Crippen molar-refractivity contribution >= 4 is 0 Å². The maximum Gasteiger partial charge on any atom is 0.214 e. The van der Waals surface area contributed by atoms with Gasteiger partial charge in [-0.3, -0.25) is 4.98 Å². The highest BCUT2D eigenvalue weighted by atomic mass is 16.3. The summed E-state index contributed by atoms with van der Waals surface area (Å²) in [6.45, 7) is 1.90. The molecule has 0 bridgehead atoms. The number of aromatic nitrogens is 1. The van der Waals surface area contributed by atoms with Crippen LogP contribution in [0.15, 0.2) is 28.6 Å². The maximum absolute atomic E-state index is 8.74. The zero-order valence-electron chi connectivity index (χ0n) is 6.73. The molecule has 0 saturated carbocycles. The molecule has 0 spiro atoms. The molecular weight excluding hydrogens is 154 g/mol. The van der Waals surface area contributed by atoms with Crippen molar-refractivity contribution < 1.29 is 5.11 Å². The molecule has 0 aromatic carbocycles. The van der Waals surface area contributed by atoms with Crippen LogP contribution in [0, 0.1) is 0 Å². The smallest absolute Gasteiger partial charge is 0.214 e. The highest BCUT2D eigenvalue weighted by Gasteiger charge is 2.36. The van der Waals surface area contributed by atoms with Crippen LogP contribution in [0.25, 0.3) is 0 Å². The van der Waals surface area contributed by atoms with Crippen LogP contribution in [-0.2, 0) is 12.3 Å². The first-order chi connectivity index (χ1) is 5.74. The van der Waals surface area contributed by atoms with Crippen molar-refractivity contribution in [3.8, 4) is 0 Å². The SMILES string of the molecule is CC1(c2ccc(CO)nc2)N=N1. The molecule has 1 aromatic rings. The van der Waals surface area contributed by atoms with Crippen molar-refractivity contribution in [2.24, 2.45) is 10.2 Å². The molecular formula is C8H9N3O. The number of rotatable bonds is 2. The van der Waals surface area contributed by atoms with E-state index in [0.717, 1.165) is 5.56 Å². The number of pyridine rings is 1. The molecule has 12 heavy (non-hydrogen) atoms.